The van der Waals surface area contributed by atoms with Crippen molar-refractivity contribution in [3.05, 3.63) is 0 Å². The van der Waals surface area contributed by atoms with Crippen molar-refractivity contribution in [3.63, 3.8) is 0 Å². The van der Waals surface area contributed by atoms with Gasteiger partial charge in [0.1, 0.15) is 0 Å². The molecule has 0 aliphatic heterocycles. The summed E-state index contributed by atoms with van der Waals surface area (Å²) in [4.78, 5) is 2.11. The van der Waals surface area contributed by atoms with Gasteiger partial charge < -0.3 is 5.11 Å². The van der Waals surface area contributed by atoms with Crippen LogP contribution in [0.15, 0.2) is 0 Å². The van der Waals surface area contributed by atoms with E-state index in [1.807, 2.05) is 18.8 Å². The van der Waals surface area contributed by atoms with Crippen molar-refractivity contribution in [2.75, 3.05) is 31.8 Å². The van der Waals surface area contributed by atoms with Gasteiger partial charge >= 0.3 is 0 Å². The molecule has 0 radical (unpaired) electrons. The summed E-state index contributed by atoms with van der Waals surface area (Å²) in [5.41, 5.74) is 0. The first-order valence-electron chi connectivity index (χ1n) is 3.18. The molecule has 9 heavy (non-hydrogen) atoms. The van der Waals surface area contributed by atoms with E-state index in [-0.39, 0.29) is 6.61 Å². The predicted octanol–water partition coefficient (Wildman–Crippen LogP) is 0.621. The monoisotopic (exact) mass is 149 g/mol. The van der Waals surface area contributed by atoms with Crippen LogP contribution in [0.2, 0.25) is 0 Å². The largest absolute Gasteiger partial charge is 0.395 e. The lowest BCUT2D eigenvalue weighted by Gasteiger charge is -2.12. The molecule has 0 amide bonds. The van der Waals surface area contributed by atoms with Gasteiger partial charge in [0, 0.05) is 12.4 Å². The van der Waals surface area contributed by atoms with Crippen LogP contribution in [-0.2, 0) is 0 Å². The number of thioether (sulfide) groups is 1. The van der Waals surface area contributed by atoms with Gasteiger partial charge in [0.25, 0.3) is 0 Å². The van der Waals surface area contributed by atoms with Gasteiger partial charge in [-0.1, -0.05) is 6.92 Å². The minimum absolute atomic E-state index is 0.265. The molecule has 0 saturated carbocycles. The molecule has 0 unspecified atom stereocenters. The highest BCUT2D eigenvalue weighted by molar-refractivity contribution is 7.99. The zero-order chi connectivity index (χ0) is 7.11. The molecule has 0 fully saturated rings. The van der Waals surface area contributed by atoms with Crippen LogP contribution in [0.5, 0.6) is 0 Å². The lowest BCUT2D eigenvalue weighted by molar-refractivity contribution is 0.238. The molecule has 0 bridgehead atoms. The van der Waals surface area contributed by atoms with Crippen LogP contribution in [-0.4, -0.2) is 41.8 Å². The van der Waals surface area contributed by atoms with Crippen LogP contribution >= 0.6 is 11.8 Å². The first kappa shape index (κ1) is 9.27. The normalized spacial score (nSPS) is 10.7. The third-order valence-corrected chi connectivity index (χ3v) is 2.03. The maximum Gasteiger partial charge on any atom is 0.0558 e. The summed E-state index contributed by atoms with van der Waals surface area (Å²) >= 11 is 1.87. The van der Waals surface area contributed by atoms with Crippen LogP contribution < -0.4 is 0 Å². The smallest absolute Gasteiger partial charge is 0.0558 e. The quantitative estimate of drug-likeness (QED) is 0.580. The van der Waals surface area contributed by atoms with Crippen LogP contribution in [0, 0.1) is 0 Å². The molecule has 3 heteroatoms. The Balaban J connectivity index is 2.95. The molecule has 0 rings (SSSR count). The molecule has 2 nitrogen and oxygen atoms in total. The highest BCUT2D eigenvalue weighted by atomic mass is 32.2. The number of hydrogen-bond acceptors (Lipinski definition) is 3. The van der Waals surface area contributed by atoms with Gasteiger partial charge in [0.05, 0.1) is 6.61 Å². The molecule has 56 valence electrons. The van der Waals surface area contributed by atoms with Gasteiger partial charge in [-0.3, -0.25) is 4.90 Å². The van der Waals surface area contributed by atoms with Crippen LogP contribution in [0.3, 0.4) is 0 Å². The molecule has 0 spiro atoms. The standard InChI is InChI=1S/C6H15NOS/c1-3-9-6-7(2)4-5-8/h8H,3-6H2,1-2H3. The second kappa shape index (κ2) is 6.39. The predicted molar refractivity (Wildman–Crippen MR) is 42.7 cm³/mol. The summed E-state index contributed by atoms with van der Waals surface area (Å²) in [6, 6.07) is 0. The van der Waals surface area contributed by atoms with E-state index >= 15 is 0 Å². The Morgan fingerprint density at radius 3 is 2.67 bits per heavy atom. The van der Waals surface area contributed by atoms with E-state index in [0.717, 1.165) is 18.2 Å². The Hall–Kier alpha value is 0.270. The molecular weight excluding hydrogens is 134 g/mol. The van der Waals surface area contributed by atoms with Crippen molar-refractivity contribution < 1.29 is 5.11 Å². The molecule has 0 heterocycles. The van der Waals surface area contributed by atoms with Crippen molar-refractivity contribution >= 4 is 11.8 Å². The summed E-state index contributed by atoms with van der Waals surface area (Å²) in [6.07, 6.45) is 0. The van der Waals surface area contributed by atoms with Crippen molar-refractivity contribution in [3.8, 4) is 0 Å². The molecule has 0 aromatic carbocycles. The van der Waals surface area contributed by atoms with Gasteiger partial charge in [0.2, 0.25) is 0 Å². The molecule has 0 atom stereocenters. The molecular formula is C6H15NOS. The number of hydrogen-bond donors (Lipinski definition) is 1. The second-order valence-electron chi connectivity index (χ2n) is 1.93. The minimum Gasteiger partial charge on any atom is -0.395 e. The second-order valence-corrected chi connectivity index (χ2v) is 3.17. The summed E-state index contributed by atoms with van der Waals surface area (Å²) in [6.45, 7) is 3.19. The van der Waals surface area contributed by atoms with E-state index in [4.69, 9.17) is 5.11 Å². The Morgan fingerprint density at radius 1 is 1.56 bits per heavy atom. The zero-order valence-corrected chi connectivity index (χ0v) is 6.95. The third-order valence-electron chi connectivity index (χ3n) is 0.998. The average molecular weight is 149 g/mol. The molecule has 0 saturated heterocycles. The maximum absolute atomic E-state index is 8.49. The van der Waals surface area contributed by atoms with E-state index < -0.39 is 0 Å². The van der Waals surface area contributed by atoms with E-state index in [1.165, 1.54) is 0 Å². The van der Waals surface area contributed by atoms with E-state index in [1.54, 1.807) is 0 Å². The van der Waals surface area contributed by atoms with Crippen molar-refractivity contribution in [2.24, 2.45) is 0 Å². The Bertz CT molecular complexity index is 61.0. The SMILES string of the molecule is CCSCN(C)CCO. The number of aliphatic hydroxyl groups is 1. The molecule has 1 N–H and O–H groups in total. The lowest BCUT2D eigenvalue weighted by Crippen LogP contribution is -2.21. The third kappa shape index (κ3) is 6.15. The summed E-state index contributed by atoms with van der Waals surface area (Å²) < 4.78 is 0. The Labute approximate surface area is 61.2 Å². The van der Waals surface area contributed by atoms with Gasteiger partial charge in [-0.05, 0) is 12.8 Å². The van der Waals surface area contributed by atoms with Crippen molar-refractivity contribution in [1.29, 1.82) is 0 Å². The van der Waals surface area contributed by atoms with Crippen LogP contribution in [0.4, 0.5) is 0 Å². The zero-order valence-electron chi connectivity index (χ0n) is 6.13. The highest BCUT2D eigenvalue weighted by Crippen LogP contribution is 1.99. The van der Waals surface area contributed by atoms with E-state index in [2.05, 4.69) is 11.8 Å². The number of aliphatic hydroxyl groups excluding tert-OH is 1. The van der Waals surface area contributed by atoms with Crippen LogP contribution in [0.25, 0.3) is 0 Å². The first-order valence-corrected chi connectivity index (χ1v) is 4.34. The number of nitrogens with zero attached hydrogens (tertiary/aromatic N) is 1. The lowest BCUT2D eigenvalue weighted by atomic mass is 10.6. The molecule has 0 aromatic heterocycles. The fourth-order valence-corrected chi connectivity index (χ4v) is 1.11. The number of likely N-dealkylation sites (N-methyl/N-ethyl adjacent to an activating group) is 1. The number of rotatable bonds is 5. The fraction of sp³-hybridized carbons (Fsp3) is 1.00. The van der Waals surface area contributed by atoms with Crippen LogP contribution in [0.1, 0.15) is 6.92 Å². The Kier molecular flexibility index (Phi) is 6.58. The van der Waals surface area contributed by atoms with Crippen molar-refractivity contribution in [1.82, 2.24) is 4.90 Å². The van der Waals surface area contributed by atoms with Gasteiger partial charge in [-0.2, -0.15) is 0 Å². The van der Waals surface area contributed by atoms with Gasteiger partial charge in [0.15, 0.2) is 0 Å². The molecule has 0 aliphatic rings. The average Bonchev–Trinajstić information content (AvgIpc) is 1.85. The van der Waals surface area contributed by atoms with Crippen molar-refractivity contribution in [2.45, 2.75) is 6.92 Å². The highest BCUT2D eigenvalue weighted by Gasteiger charge is 1.93. The Morgan fingerprint density at radius 2 is 2.22 bits per heavy atom. The topological polar surface area (TPSA) is 23.5 Å². The summed E-state index contributed by atoms with van der Waals surface area (Å²) in [7, 11) is 2.01. The molecule has 0 aliphatic carbocycles. The van der Waals surface area contributed by atoms with Gasteiger partial charge in [-0.15, -0.1) is 11.8 Å². The summed E-state index contributed by atoms with van der Waals surface area (Å²) in [5.74, 6) is 2.17. The van der Waals surface area contributed by atoms with E-state index in [9.17, 15) is 0 Å². The fourth-order valence-electron chi connectivity index (χ4n) is 0.482. The summed E-state index contributed by atoms with van der Waals surface area (Å²) in [5, 5.41) is 8.49. The minimum atomic E-state index is 0.265. The van der Waals surface area contributed by atoms with Gasteiger partial charge in [-0.25, -0.2) is 0 Å². The maximum atomic E-state index is 8.49. The van der Waals surface area contributed by atoms with E-state index in [0.29, 0.717) is 0 Å². The first-order chi connectivity index (χ1) is 4.31. The molecule has 0 aromatic rings.